The van der Waals surface area contributed by atoms with Gasteiger partial charge in [-0.1, -0.05) is 30.3 Å². The maximum Gasteiger partial charge on any atom is 0.191 e. The van der Waals surface area contributed by atoms with Gasteiger partial charge in [0.1, 0.15) is 12.4 Å². The van der Waals surface area contributed by atoms with E-state index in [2.05, 4.69) is 70.1 Å². The molecule has 0 aliphatic carbocycles. The van der Waals surface area contributed by atoms with Crippen molar-refractivity contribution in [2.75, 3.05) is 39.4 Å². The molecular formula is C22H34N6O. The van der Waals surface area contributed by atoms with Crippen LogP contribution < -0.4 is 10.6 Å². The minimum absolute atomic E-state index is 0.0335. The van der Waals surface area contributed by atoms with Crippen LogP contribution in [0.25, 0.3) is 0 Å². The Kier molecular flexibility index (Phi) is 7.66. The van der Waals surface area contributed by atoms with Crippen molar-refractivity contribution in [2.24, 2.45) is 4.99 Å². The van der Waals surface area contributed by atoms with Crippen LogP contribution in [0.5, 0.6) is 0 Å². The smallest absolute Gasteiger partial charge is 0.191 e. The number of guanidine groups is 1. The Morgan fingerprint density at radius 2 is 1.93 bits per heavy atom. The van der Waals surface area contributed by atoms with Crippen molar-refractivity contribution in [3.05, 3.63) is 54.1 Å². The van der Waals surface area contributed by atoms with Gasteiger partial charge in [0.25, 0.3) is 0 Å². The Hall–Kier alpha value is -2.38. The molecule has 29 heavy (non-hydrogen) atoms. The van der Waals surface area contributed by atoms with E-state index in [0.29, 0.717) is 6.54 Å². The molecule has 0 saturated carbocycles. The summed E-state index contributed by atoms with van der Waals surface area (Å²) < 4.78 is 7.64. The summed E-state index contributed by atoms with van der Waals surface area (Å²) in [6.45, 7) is 13.2. The summed E-state index contributed by atoms with van der Waals surface area (Å²) in [5.74, 6) is 1.78. The van der Waals surface area contributed by atoms with Crippen LogP contribution in [0.1, 0.15) is 32.2 Å². The van der Waals surface area contributed by atoms with Gasteiger partial charge in [-0.2, -0.15) is 0 Å². The summed E-state index contributed by atoms with van der Waals surface area (Å²) >= 11 is 0. The molecule has 0 unspecified atom stereocenters. The fourth-order valence-electron chi connectivity index (χ4n) is 3.49. The van der Waals surface area contributed by atoms with Crippen molar-refractivity contribution in [1.82, 2.24) is 25.1 Å². The van der Waals surface area contributed by atoms with Gasteiger partial charge >= 0.3 is 0 Å². The highest BCUT2D eigenvalue weighted by Crippen LogP contribution is 2.15. The highest BCUT2D eigenvalue weighted by Gasteiger charge is 2.28. The lowest BCUT2D eigenvalue weighted by Crippen LogP contribution is -2.56. The van der Waals surface area contributed by atoms with E-state index in [1.54, 1.807) is 0 Å². The Morgan fingerprint density at radius 1 is 1.17 bits per heavy atom. The van der Waals surface area contributed by atoms with Crippen LogP contribution in [0.3, 0.4) is 0 Å². The average molecular weight is 399 g/mol. The Balaban J connectivity index is 1.60. The summed E-state index contributed by atoms with van der Waals surface area (Å²) in [7, 11) is 0. The minimum atomic E-state index is 0.0335. The van der Waals surface area contributed by atoms with Crippen LogP contribution in [-0.2, 0) is 17.8 Å². The molecule has 7 nitrogen and oxygen atoms in total. The molecule has 0 atom stereocenters. The number of hydrogen-bond acceptors (Lipinski definition) is 4. The van der Waals surface area contributed by atoms with Crippen molar-refractivity contribution < 1.29 is 4.74 Å². The number of nitrogens with one attached hydrogen (secondary N) is 2. The molecule has 2 N–H and O–H groups in total. The second-order valence-corrected chi connectivity index (χ2v) is 7.92. The third-order valence-electron chi connectivity index (χ3n) is 5.28. The minimum Gasteiger partial charge on any atom is -0.379 e. The summed E-state index contributed by atoms with van der Waals surface area (Å²) in [5, 5.41) is 6.86. The number of hydrogen-bond donors (Lipinski definition) is 2. The molecule has 1 aliphatic heterocycles. The van der Waals surface area contributed by atoms with Gasteiger partial charge in [0, 0.05) is 50.7 Å². The summed E-state index contributed by atoms with van der Waals surface area (Å²) in [6.07, 6.45) is 3.86. The third-order valence-corrected chi connectivity index (χ3v) is 5.28. The van der Waals surface area contributed by atoms with Gasteiger partial charge in [0.05, 0.1) is 13.2 Å². The van der Waals surface area contributed by atoms with Crippen LogP contribution in [0.4, 0.5) is 0 Å². The lowest BCUT2D eigenvalue weighted by molar-refractivity contribution is -0.00834. The van der Waals surface area contributed by atoms with E-state index in [9.17, 15) is 0 Å². The van der Waals surface area contributed by atoms with Gasteiger partial charge in [-0.05, 0) is 26.3 Å². The van der Waals surface area contributed by atoms with Crippen LogP contribution in [-0.4, -0.2) is 65.3 Å². The van der Waals surface area contributed by atoms with Crippen molar-refractivity contribution in [2.45, 2.75) is 39.4 Å². The molecule has 0 amide bonds. The summed E-state index contributed by atoms with van der Waals surface area (Å²) in [6, 6.07) is 10.4. The monoisotopic (exact) mass is 398 g/mol. The third kappa shape index (κ3) is 6.30. The van der Waals surface area contributed by atoms with E-state index < -0.39 is 0 Å². The molecule has 1 aliphatic rings. The van der Waals surface area contributed by atoms with E-state index >= 15 is 0 Å². The van der Waals surface area contributed by atoms with Gasteiger partial charge in [0.15, 0.2) is 5.96 Å². The quantitative estimate of drug-likeness (QED) is 0.527. The Bertz CT molecular complexity index is 765. The zero-order valence-corrected chi connectivity index (χ0v) is 17.9. The number of ether oxygens (including phenoxy) is 1. The van der Waals surface area contributed by atoms with Crippen molar-refractivity contribution in [1.29, 1.82) is 0 Å². The topological polar surface area (TPSA) is 66.7 Å². The second-order valence-electron chi connectivity index (χ2n) is 7.92. The number of morpholine rings is 1. The fraction of sp³-hybridized carbons (Fsp3) is 0.545. The molecular weight excluding hydrogens is 364 g/mol. The Labute approximate surface area is 174 Å². The molecule has 2 aromatic rings. The molecule has 2 heterocycles. The van der Waals surface area contributed by atoms with E-state index in [4.69, 9.17) is 9.73 Å². The normalized spacial score (nSPS) is 16.0. The van der Waals surface area contributed by atoms with E-state index in [0.717, 1.165) is 57.7 Å². The summed E-state index contributed by atoms with van der Waals surface area (Å²) in [5.41, 5.74) is 1.29. The molecule has 158 valence electrons. The molecule has 0 radical (unpaired) electrons. The predicted molar refractivity (Wildman–Crippen MR) is 117 cm³/mol. The molecule has 0 spiro atoms. The second kappa shape index (κ2) is 10.4. The first-order valence-electron chi connectivity index (χ1n) is 10.5. The van der Waals surface area contributed by atoms with Crippen LogP contribution in [0.15, 0.2) is 47.7 Å². The lowest BCUT2D eigenvalue weighted by atomic mass is 10.0. The summed E-state index contributed by atoms with van der Waals surface area (Å²) in [4.78, 5) is 11.8. The number of nitrogens with zero attached hydrogens (tertiary/aromatic N) is 4. The average Bonchev–Trinajstić information content (AvgIpc) is 3.18. The number of benzene rings is 1. The largest absolute Gasteiger partial charge is 0.379 e. The molecule has 7 heteroatoms. The number of aromatic nitrogens is 2. The highest BCUT2D eigenvalue weighted by molar-refractivity contribution is 5.79. The number of aliphatic imine (C=N–C) groups is 1. The zero-order valence-electron chi connectivity index (χ0n) is 17.9. The van der Waals surface area contributed by atoms with Gasteiger partial charge in [0.2, 0.25) is 0 Å². The van der Waals surface area contributed by atoms with Gasteiger partial charge in [-0.3, -0.25) is 4.90 Å². The fourth-order valence-corrected chi connectivity index (χ4v) is 3.49. The van der Waals surface area contributed by atoms with Crippen molar-refractivity contribution in [3.63, 3.8) is 0 Å². The maximum atomic E-state index is 5.49. The number of imidazole rings is 1. The van der Waals surface area contributed by atoms with Crippen molar-refractivity contribution >= 4 is 5.96 Å². The highest BCUT2D eigenvalue weighted by atomic mass is 16.5. The first kappa shape index (κ1) is 21.3. The first-order chi connectivity index (χ1) is 14.1. The predicted octanol–water partition coefficient (Wildman–Crippen LogP) is 2.10. The molecule has 0 bridgehead atoms. The molecule has 3 rings (SSSR count). The van der Waals surface area contributed by atoms with Crippen LogP contribution in [0, 0.1) is 0 Å². The molecule has 1 aromatic heterocycles. The molecule has 1 fully saturated rings. The molecule has 1 saturated heterocycles. The van der Waals surface area contributed by atoms with E-state index in [1.165, 1.54) is 5.56 Å². The van der Waals surface area contributed by atoms with Crippen LogP contribution >= 0.6 is 0 Å². The van der Waals surface area contributed by atoms with Crippen molar-refractivity contribution in [3.8, 4) is 0 Å². The van der Waals surface area contributed by atoms with Gasteiger partial charge in [-0.25, -0.2) is 9.98 Å². The number of rotatable bonds is 8. The van der Waals surface area contributed by atoms with Gasteiger partial charge < -0.3 is 19.9 Å². The zero-order chi connectivity index (χ0) is 20.5. The first-order valence-corrected chi connectivity index (χ1v) is 10.5. The molecule has 1 aromatic carbocycles. The SMILES string of the molecule is CCNC(=NCc1nccn1Cc1ccccc1)NCC(C)(C)N1CCOCC1. The lowest BCUT2D eigenvalue weighted by Gasteiger charge is -2.41. The van der Waals surface area contributed by atoms with E-state index in [1.807, 2.05) is 18.5 Å². The Morgan fingerprint density at radius 3 is 2.66 bits per heavy atom. The van der Waals surface area contributed by atoms with Crippen LogP contribution in [0.2, 0.25) is 0 Å². The van der Waals surface area contributed by atoms with E-state index in [-0.39, 0.29) is 5.54 Å². The maximum absolute atomic E-state index is 5.49. The standard InChI is InChI=1S/C22H34N6O/c1-4-23-21(26-18-22(2,3)28-12-14-29-15-13-28)25-16-20-24-10-11-27(20)17-19-8-6-5-7-9-19/h5-11H,4,12-18H2,1-3H3,(H2,23,25,26). The van der Waals surface area contributed by atoms with Gasteiger partial charge in [-0.15, -0.1) is 0 Å².